The lowest BCUT2D eigenvalue weighted by Crippen LogP contribution is -2.13. The first-order valence-corrected chi connectivity index (χ1v) is 7.80. The minimum atomic E-state index is 0.00927. The van der Waals surface area contributed by atoms with Crippen molar-refractivity contribution < 1.29 is 0 Å². The van der Waals surface area contributed by atoms with E-state index >= 15 is 0 Å². The molecule has 108 valence electrons. The molecule has 0 unspecified atom stereocenters. The number of benzene rings is 1. The Bertz CT molecular complexity index is 550. The van der Waals surface area contributed by atoms with Crippen molar-refractivity contribution in [1.29, 1.82) is 0 Å². The van der Waals surface area contributed by atoms with Crippen LogP contribution in [-0.2, 0) is 12.0 Å². The fraction of sp³-hybridized carbons (Fsp3) is 0.500. The van der Waals surface area contributed by atoms with Crippen LogP contribution in [0.25, 0.3) is 0 Å². The van der Waals surface area contributed by atoms with Gasteiger partial charge < -0.3 is 5.32 Å². The Morgan fingerprint density at radius 3 is 2.30 bits per heavy atom. The summed E-state index contributed by atoms with van der Waals surface area (Å²) in [6.07, 6.45) is 0. The SMILES string of the molecule is CC(C)c1ccc(CNc2nc(C(C)(C)C)ns2)cc1. The molecule has 0 fully saturated rings. The van der Waals surface area contributed by atoms with Gasteiger partial charge in [0.2, 0.25) is 5.13 Å². The molecule has 1 aromatic carbocycles. The maximum Gasteiger partial charge on any atom is 0.202 e. The summed E-state index contributed by atoms with van der Waals surface area (Å²) in [5, 5.41) is 4.24. The van der Waals surface area contributed by atoms with Crippen molar-refractivity contribution in [3.8, 4) is 0 Å². The van der Waals surface area contributed by atoms with E-state index in [1.165, 1.54) is 22.7 Å². The lowest BCUT2D eigenvalue weighted by atomic mass is 9.96. The van der Waals surface area contributed by atoms with E-state index in [9.17, 15) is 0 Å². The molecule has 0 radical (unpaired) electrons. The Morgan fingerprint density at radius 1 is 1.15 bits per heavy atom. The molecule has 1 N–H and O–H groups in total. The van der Waals surface area contributed by atoms with E-state index in [2.05, 4.69) is 73.6 Å². The van der Waals surface area contributed by atoms with Crippen LogP contribution in [0.15, 0.2) is 24.3 Å². The molecule has 0 amide bonds. The van der Waals surface area contributed by atoms with Gasteiger partial charge in [-0.1, -0.05) is 58.9 Å². The highest BCUT2D eigenvalue weighted by Crippen LogP contribution is 2.23. The summed E-state index contributed by atoms with van der Waals surface area (Å²) in [5.41, 5.74) is 2.65. The number of rotatable bonds is 4. The van der Waals surface area contributed by atoms with E-state index in [4.69, 9.17) is 0 Å². The number of hydrogen-bond donors (Lipinski definition) is 1. The lowest BCUT2D eigenvalue weighted by molar-refractivity contribution is 0.555. The Morgan fingerprint density at radius 2 is 1.80 bits per heavy atom. The maximum absolute atomic E-state index is 4.54. The first-order chi connectivity index (χ1) is 9.36. The predicted molar refractivity (Wildman–Crippen MR) is 86.5 cm³/mol. The lowest BCUT2D eigenvalue weighted by Gasteiger charge is -2.12. The van der Waals surface area contributed by atoms with Gasteiger partial charge in [-0.3, -0.25) is 0 Å². The summed E-state index contributed by atoms with van der Waals surface area (Å²) >= 11 is 1.43. The molecule has 0 atom stereocenters. The Kier molecular flexibility index (Phi) is 4.43. The van der Waals surface area contributed by atoms with Gasteiger partial charge in [0.15, 0.2) is 0 Å². The molecule has 0 saturated heterocycles. The number of aromatic nitrogens is 2. The maximum atomic E-state index is 4.54. The molecular weight excluding hydrogens is 266 g/mol. The molecule has 0 aliphatic carbocycles. The zero-order valence-corrected chi connectivity index (χ0v) is 13.7. The van der Waals surface area contributed by atoms with Crippen LogP contribution in [-0.4, -0.2) is 9.36 Å². The zero-order valence-electron chi connectivity index (χ0n) is 12.9. The average molecular weight is 289 g/mol. The van der Waals surface area contributed by atoms with Crippen molar-refractivity contribution >= 4 is 16.7 Å². The van der Waals surface area contributed by atoms with E-state index in [-0.39, 0.29) is 5.41 Å². The first-order valence-electron chi connectivity index (χ1n) is 7.03. The van der Waals surface area contributed by atoms with Crippen LogP contribution < -0.4 is 5.32 Å². The van der Waals surface area contributed by atoms with Crippen LogP contribution in [0.4, 0.5) is 5.13 Å². The fourth-order valence-electron chi connectivity index (χ4n) is 1.80. The van der Waals surface area contributed by atoms with Crippen molar-refractivity contribution in [2.75, 3.05) is 5.32 Å². The highest BCUT2D eigenvalue weighted by atomic mass is 32.1. The quantitative estimate of drug-likeness (QED) is 0.896. The molecule has 20 heavy (non-hydrogen) atoms. The Labute approximate surface area is 125 Å². The van der Waals surface area contributed by atoms with E-state index in [0.29, 0.717) is 5.92 Å². The monoisotopic (exact) mass is 289 g/mol. The number of nitrogens with zero attached hydrogens (tertiary/aromatic N) is 2. The van der Waals surface area contributed by atoms with Crippen LogP contribution in [0.1, 0.15) is 57.5 Å². The minimum Gasteiger partial charge on any atom is -0.356 e. The van der Waals surface area contributed by atoms with Gasteiger partial charge in [-0.2, -0.15) is 4.37 Å². The highest BCUT2D eigenvalue weighted by Gasteiger charge is 2.19. The molecule has 0 saturated carbocycles. The molecule has 2 aromatic rings. The summed E-state index contributed by atoms with van der Waals surface area (Å²) in [7, 11) is 0. The highest BCUT2D eigenvalue weighted by molar-refractivity contribution is 7.09. The third kappa shape index (κ3) is 3.79. The second-order valence-corrected chi connectivity index (χ2v) is 7.17. The summed E-state index contributed by atoms with van der Waals surface area (Å²) in [4.78, 5) is 4.54. The summed E-state index contributed by atoms with van der Waals surface area (Å²) in [6, 6.07) is 8.74. The largest absolute Gasteiger partial charge is 0.356 e. The van der Waals surface area contributed by atoms with Crippen molar-refractivity contribution in [3.63, 3.8) is 0 Å². The number of anilines is 1. The molecule has 1 heterocycles. The zero-order chi connectivity index (χ0) is 14.8. The number of nitrogens with one attached hydrogen (secondary N) is 1. The topological polar surface area (TPSA) is 37.8 Å². The van der Waals surface area contributed by atoms with Gasteiger partial charge in [-0.25, -0.2) is 4.98 Å². The summed E-state index contributed by atoms with van der Waals surface area (Å²) in [6.45, 7) is 11.6. The molecule has 2 rings (SSSR count). The minimum absolute atomic E-state index is 0.00927. The van der Waals surface area contributed by atoms with Gasteiger partial charge >= 0.3 is 0 Å². The molecule has 0 aliphatic rings. The molecule has 0 spiro atoms. The van der Waals surface area contributed by atoms with Gasteiger partial charge in [0, 0.05) is 23.5 Å². The molecule has 3 nitrogen and oxygen atoms in total. The number of hydrogen-bond acceptors (Lipinski definition) is 4. The van der Waals surface area contributed by atoms with E-state index in [1.807, 2.05) is 0 Å². The van der Waals surface area contributed by atoms with E-state index < -0.39 is 0 Å². The molecule has 0 aliphatic heterocycles. The Balaban J connectivity index is 1.96. The van der Waals surface area contributed by atoms with Crippen LogP contribution in [0, 0.1) is 0 Å². The smallest absolute Gasteiger partial charge is 0.202 e. The second kappa shape index (κ2) is 5.92. The fourth-order valence-corrected chi connectivity index (χ4v) is 2.55. The summed E-state index contributed by atoms with van der Waals surface area (Å²) < 4.78 is 4.41. The van der Waals surface area contributed by atoms with Crippen molar-refractivity contribution in [2.24, 2.45) is 0 Å². The molecule has 4 heteroatoms. The first kappa shape index (κ1) is 15.0. The van der Waals surface area contributed by atoms with E-state index in [0.717, 1.165) is 17.5 Å². The van der Waals surface area contributed by atoms with Gasteiger partial charge in [0.25, 0.3) is 0 Å². The third-order valence-electron chi connectivity index (χ3n) is 3.19. The normalized spacial score (nSPS) is 11.9. The van der Waals surface area contributed by atoms with Gasteiger partial charge in [0.1, 0.15) is 5.82 Å². The van der Waals surface area contributed by atoms with Crippen LogP contribution in [0.5, 0.6) is 0 Å². The second-order valence-electron chi connectivity index (χ2n) is 6.42. The van der Waals surface area contributed by atoms with Gasteiger partial charge in [-0.15, -0.1) is 0 Å². The Hall–Kier alpha value is -1.42. The standard InChI is InChI=1S/C16H23N3S/c1-11(2)13-8-6-12(7-9-13)10-17-15-18-14(19-20-15)16(3,4)5/h6-9,11H,10H2,1-5H3,(H,17,18,19). The van der Waals surface area contributed by atoms with Crippen molar-refractivity contribution in [3.05, 3.63) is 41.2 Å². The average Bonchev–Trinajstić information content (AvgIpc) is 2.85. The third-order valence-corrected chi connectivity index (χ3v) is 3.86. The molecule has 1 aromatic heterocycles. The summed E-state index contributed by atoms with van der Waals surface area (Å²) in [5.74, 6) is 1.48. The van der Waals surface area contributed by atoms with Crippen LogP contribution in [0.3, 0.4) is 0 Å². The predicted octanol–water partition coefficient (Wildman–Crippen LogP) is 4.57. The van der Waals surface area contributed by atoms with Gasteiger partial charge in [-0.05, 0) is 17.0 Å². The van der Waals surface area contributed by atoms with Crippen LogP contribution in [0.2, 0.25) is 0 Å². The van der Waals surface area contributed by atoms with Gasteiger partial charge in [0.05, 0.1) is 0 Å². The van der Waals surface area contributed by atoms with Crippen molar-refractivity contribution in [1.82, 2.24) is 9.36 Å². The van der Waals surface area contributed by atoms with Crippen molar-refractivity contribution in [2.45, 2.75) is 52.5 Å². The molecular formula is C16H23N3S. The molecule has 0 bridgehead atoms. The van der Waals surface area contributed by atoms with E-state index in [1.54, 1.807) is 0 Å². The van der Waals surface area contributed by atoms with Crippen LogP contribution >= 0.6 is 11.5 Å².